The van der Waals surface area contributed by atoms with Crippen LogP contribution in [0.5, 0.6) is 0 Å². The highest BCUT2D eigenvalue weighted by Gasteiger charge is 2.15. The predicted molar refractivity (Wildman–Crippen MR) is 81.2 cm³/mol. The molecule has 112 valence electrons. The van der Waals surface area contributed by atoms with Crippen molar-refractivity contribution in [2.75, 3.05) is 16.7 Å². The minimum Gasteiger partial charge on any atom is -0.399 e. The molecular weight excluding hydrogens is 312 g/mol. The number of hydrogen-bond donors (Lipinski definition) is 2. The van der Waals surface area contributed by atoms with Gasteiger partial charge in [-0.1, -0.05) is 6.07 Å². The molecule has 0 saturated carbocycles. The van der Waals surface area contributed by atoms with Crippen molar-refractivity contribution in [2.24, 2.45) is 0 Å². The lowest BCUT2D eigenvalue weighted by atomic mass is 10.3. The van der Waals surface area contributed by atoms with Gasteiger partial charge in [0.25, 0.3) is 10.0 Å². The maximum atomic E-state index is 12.2. The summed E-state index contributed by atoms with van der Waals surface area (Å²) < 4.78 is 49.6. The van der Waals surface area contributed by atoms with Gasteiger partial charge in [0.1, 0.15) is 0 Å². The van der Waals surface area contributed by atoms with Crippen molar-refractivity contribution in [3.8, 4) is 0 Å². The van der Waals surface area contributed by atoms with E-state index in [0.717, 1.165) is 6.26 Å². The molecule has 0 bridgehead atoms. The van der Waals surface area contributed by atoms with E-state index in [9.17, 15) is 16.8 Å². The van der Waals surface area contributed by atoms with Crippen LogP contribution in [0.2, 0.25) is 0 Å². The Morgan fingerprint density at radius 1 is 0.905 bits per heavy atom. The number of nitrogen functional groups attached to an aromatic ring is 1. The molecule has 8 heteroatoms. The van der Waals surface area contributed by atoms with Gasteiger partial charge in [-0.2, -0.15) is 0 Å². The number of anilines is 2. The van der Waals surface area contributed by atoms with Crippen LogP contribution in [0, 0.1) is 0 Å². The second-order valence-electron chi connectivity index (χ2n) is 4.47. The number of benzene rings is 2. The van der Waals surface area contributed by atoms with Crippen LogP contribution in [0.4, 0.5) is 11.4 Å². The minimum absolute atomic E-state index is 0.0417. The predicted octanol–water partition coefficient (Wildman–Crippen LogP) is 1.47. The fraction of sp³-hybridized carbons (Fsp3) is 0.0769. The van der Waals surface area contributed by atoms with Crippen LogP contribution in [-0.4, -0.2) is 23.1 Å². The van der Waals surface area contributed by atoms with Gasteiger partial charge < -0.3 is 5.73 Å². The van der Waals surface area contributed by atoms with Crippen molar-refractivity contribution in [1.29, 1.82) is 0 Å². The second kappa shape index (κ2) is 5.38. The van der Waals surface area contributed by atoms with Gasteiger partial charge in [-0.15, -0.1) is 0 Å². The summed E-state index contributed by atoms with van der Waals surface area (Å²) >= 11 is 0. The molecule has 0 saturated heterocycles. The Morgan fingerprint density at radius 2 is 1.52 bits per heavy atom. The Bertz CT molecular complexity index is 857. The number of sulfone groups is 1. The first-order valence-electron chi connectivity index (χ1n) is 5.87. The zero-order valence-corrected chi connectivity index (χ0v) is 12.8. The summed E-state index contributed by atoms with van der Waals surface area (Å²) in [6.07, 6.45) is 1.06. The summed E-state index contributed by atoms with van der Waals surface area (Å²) in [4.78, 5) is 0.0847. The van der Waals surface area contributed by atoms with Crippen LogP contribution >= 0.6 is 0 Å². The van der Waals surface area contributed by atoms with Crippen molar-refractivity contribution in [2.45, 2.75) is 9.79 Å². The number of hydrogen-bond acceptors (Lipinski definition) is 5. The van der Waals surface area contributed by atoms with Crippen LogP contribution in [0.25, 0.3) is 0 Å². The number of rotatable bonds is 4. The highest BCUT2D eigenvalue weighted by Crippen LogP contribution is 2.20. The van der Waals surface area contributed by atoms with Gasteiger partial charge in [0.2, 0.25) is 0 Å². The third-order valence-electron chi connectivity index (χ3n) is 2.70. The molecule has 0 spiro atoms. The second-order valence-corrected chi connectivity index (χ2v) is 8.17. The number of nitrogens with one attached hydrogen (secondary N) is 1. The maximum Gasteiger partial charge on any atom is 0.261 e. The van der Waals surface area contributed by atoms with Gasteiger partial charge in [0, 0.05) is 11.9 Å². The Hall–Kier alpha value is -2.06. The van der Waals surface area contributed by atoms with Crippen LogP contribution < -0.4 is 10.5 Å². The molecular formula is C13H14N2O4S2. The fourth-order valence-electron chi connectivity index (χ4n) is 1.65. The van der Waals surface area contributed by atoms with E-state index < -0.39 is 19.9 Å². The average Bonchev–Trinajstić information content (AvgIpc) is 2.38. The summed E-state index contributed by atoms with van der Waals surface area (Å²) in [6, 6.07) is 11.3. The summed E-state index contributed by atoms with van der Waals surface area (Å²) in [7, 11) is -7.20. The van der Waals surface area contributed by atoms with E-state index in [4.69, 9.17) is 5.73 Å². The summed E-state index contributed by atoms with van der Waals surface area (Å²) in [5, 5.41) is 0. The van der Waals surface area contributed by atoms with Gasteiger partial charge >= 0.3 is 0 Å². The largest absolute Gasteiger partial charge is 0.399 e. The van der Waals surface area contributed by atoms with E-state index in [2.05, 4.69) is 4.72 Å². The maximum absolute atomic E-state index is 12.2. The molecule has 2 aromatic carbocycles. The van der Waals surface area contributed by atoms with E-state index in [1.54, 1.807) is 0 Å². The van der Waals surface area contributed by atoms with Gasteiger partial charge in [-0.25, -0.2) is 16.8 Å². The molecule has 0 aliphatic carbocycles. The molecule has 0 heterocycles. The smallest absolute Gasteiger partial charge is 0.261 e. The topological polar surface area (TPSA) is 106 Å². The number of sulfonamides is 1. The van der Waals surface area contributed by atoms with Gasteiger partial charge in [-0.05, 0) is 42.5 Å². The first-order valence-corrected chi connectivity index (χ1v) is 9.24. The zero-order chi connectivity index (χ0) is 15.7. The standard InChI is InChI=1S/C13H14N2O4S2/c1-20(16,17)13-4-2-3-11(9-13)15-21(18,19)12-7-5-10(14)6-8-12/h2-9,15H,14H2,1H3. The molecule has 2 rings (SSSR count). The summed E-state index contributed by atoms with van der Waals surface area (Å²) in [6.45, 7) is 0. The normalized spacial score (nSPS) is 12.0. The van der Waals surface area contributed by atoms with Crippen LogP contribution in [0.15, 0.2) is 58.3 Å². The molecule has 6 nitrogen and oxygen atoms in total. The van der Waals surface area contributed by atoms with Crippen molar-refractivity contribution in [3.05, 3.63) is 48.5 Å². The van der Waals surface area contributed by atoms with Crippen LogP contribution in [-0.2, 0) is 19.9 Å². The van der Waals surface area contributed by atoms with Crippen LogP contribution in [0.3, 0.4) is 0 Å². The highest BCUT2D eigenvalue weighted by atomic mass is 32.2. The monoisotopic (exact) mass is 326 g/mol. The molecule has 21 heavy (non-hydrogen) atoms. The highest BCUT2D eigenvalue weighted by molar-refractivity contribution is 7.92. The lowest BCUT2D eigenvalue weighted by Crippen LogP contribution is -2.13. The van der Waals surface area contributed by atoms with Crippen molar-refractivity contribution < 1.29 is 16.8 Å². The molecule has 0 amide bonds. The molecule has 2 aromatic rings. The Morgan fingerprint density at radius 3 is 2.10 bits per heavy atom. The van der Waals surface area contributed by atoms with Gasteiger partial charge in [0.15, 0.2) is 9.84 Å². The molecule has 0 aliphatic rings. The van der Waals surface area contributed by atoms with E-state index in [1.807, 2.05) is 0 Å². The number of nitrogens with two attached hydrogens (primary N) is 1. The first kappa shape index (κ1) is 15.3. The Balaban J connectivity index is 2.35. The van der Waals surface area contributed by atoms with E-state index >= 15 is 0 Å². The first-order chi connectivity index (χ1) is 9.68. The quantitative estimate of drug-likeness (QED) is 0.828. The SMILES string of the molecule is CS(=O)(=O)c1cccc(NS(=O)(=O)c2ccc(N)cc2)c1. The summed E-state index contributed by atoms with van der Waals surface area (Å²) in [5.74, 6) is 0. The molecule has 0 radical (unpaired) electrons. The molecule has 0 atom stereocenters. The Labute approximate surface area is 123 Å². The summed E-state index contributed by atoms with van der Waals surface area (Å²) in [5.41, 5.74) is 6.14. The van der Waals surface area contributed by atoms with Crippen molar-refractivity contribution >= 4 is 31.2 Å². The molecule has 0 fully saturated rings. The Kier molecular flexibility index (Phi) is 3.93. The van der Waals surface area contributed by atoms with Crippen LogP contribution in [0.1, 0.15) is 0 Å². The third-order valence-corrected chi connectivity index (χ3v) is 5.21. The van der Waals surface area contributed by atoms with E-state index in [-0.39, 0.29) is 15.5 Å². The fourth-order valence-corrected chi connectivity index (χ4v) is 3.37. The lowest BCUT2D eigenvalue weighted by Gasteiger charge is -2.09. The average molecular weight is 326 g/mol. The van der Waals surface area contributed by atoms with Crippen molar-refractivity contribution in [1.82, 2.24) is 0 Å². The molecule has 0 aliphatic heterocycles. The molecule has 0 unspecified atom stereocenters. The van der Waals surface area contributed by atoms with Crippen molar-refractivity contribution in [3.63, 3.8) is 0 Å². The van der Waals surface area contributed by atoms with E-state index in [1.165, 1.54) is 48.5 Å². The molecule has 0 aromatic heterocycles. The lowest BCUT2D eigenvalue weighted by molar-refractivity contribution is 0.599. The van der Waals surface area contributed by atoms with Gasteiger partial charge in [0.05, 0.1) is 15.5 Å². The van der Waals surface area contributed by atoms with E-state index in [0.29, 0.717) is 5.69 Å². The van der Waals surface area contributed by atoms with Gasteiger partial charge in [-0.3, -0.25) is 4.72 Å². The zero-order valence-electron chi connectivity index (χ0n) is 11.1. The third kappa shape index (κ3) is 3.73. The molecule has 3 N–H and O–H groups in total. The minimum atomic E-state index is -3.79.